The molecule has 1 N–H and O–H groups in total. The first-order valence-corrected chi connectivity index (χ1v) is 27.2. The van der Waals surface area contributed by atoms with Crippen LogP contribution in [0.3, 0.4) is 0 Å². The molecule has 0 rings (SSSR count). The van der Waals surface area contributed by atoms with E-state index in [1.807, 2.05) is 12.5 Å². The Hall–Kier alpha value is -0.300. The Morgan fingerprint density at radius 3 is 1.23 bits per heavy atom. The van der Waals surface area contributed by atoms with Gasteiger partial charge in [0.2, 0.25) is 0 Å². The number of aliphatic hydroxyl groups excluding tert-OH is 1. The highest BCUT2D eigenvalue weighted by molar-refractivity contribution is 7.97. The van der Waals surface area contributed by atoms with Gasteiger partial charge in [0.15, 0.2) is 0 Å². The number of hydrogen-bond donors (Lipinski definition) is 1. The molecule has 0 fully saturated rings. The Morgan fingerprint density at radius 1 is 0.456 bits per heavy atom. The van der Waals surface area contributed by atoms with Gasteiger partial charge < -0.3 is 19.5 Å². The summed E-state index contributed by atoms with van der Waals surface area (Å²) in [5, 5.41) is 9.32. The number of thioether (sulfide) groups is 1. The van der Waals surface area contributed by atoms with Gasteiger partial charge in [0.1, 0.15) is 0 Å². The normalized spacial score (nSPS) is 12.5. The van der Waals surface area contributed by atoms with E-state index in [1.54, 1.807) is 11.8 Å². The van der Waals surface area contributed by atoms with Crippen LogP contribution < -0.4 is 0 Å². The highest BCUT2D eigenvalue weighted by Gasteiger charge is 2.19. The predicted octanol–water partition coefficient (Wildman–Crippen LogP) is 15.9. The third-order valence-electron chi connectivity index (χ3n) is 11.6. The van der Waals surface area contributed by atoms with E-state index in [4.69, 9.17) is 9.47 Å². The van der Waals surface area contributed by atoms with Crippen LogP contribution in [0.5, 0.6) is 0 Å². The smallest absolute Gasteiger partial charge is 0.308 e. The van der Waals surface area contributed by atoms with Crippen molar-refractivity contribution in [1.29, 1.82) is 0 Å². The summed E-state index contributed by atoms with van der Waals surface area (Å²) in [5.41, 5.74) is 0. The summed E-state index contributed by atoms with van der Waals surface area (Å²) in [6, 6.07) is 0. The lowest BCUT2D eigenvalue weighted by Crippen LogP contribution is -2.27. The van der Waals surface area contributed by atoms with Crippen molar-refractivity contribution >= 4 is 17.7 Å². The van der Waals surface area contributed by atoms with Crippen LogP contribution in [0.4, 0.5) is 0 Å². The van der Waals surface area contributed by atoms with Crippen LogP contribution in [-0.2, 0) is 14.3 Å². The molecule has 0 aromatic carbocycles. The summed E-state index contributed by atoms with van der Waals surface area (Å²) in [7, 11) is 0. The van der Waals surface area contributed by atoms with E-state index in [2.05, 4.69) is 32.6 Å². The maximum Gasteiger partial charge on any atom is 0.308 e. The lowest BCUT2D eigenvalue weighted by molar-refractivity contribution is -0.149. The van der Waals surface area contributed by atoms with Crippen molar-refractivity contribution in [2.75, 3.05) is 52.0 Å². The van der Waals surface area contributed by atoms with E-state index in [9.17, 15) is 9.90 Å². The fourth-order valence-electron chi connectivity index (χ4n) is 7.89. The third-order valence-corrected chi connectivity index (χ3v) is 11.6. The van der Waals surface area contributed by atoms with Crippen LogP contribution in [-0.4, -0.2) is 74.0 Å². The first-order valence-electron chi connectivity index (χ1n) is 25.6. The molecule has 0 aromatic rings. The number of ether oxygens (including phenoxy) is 2. The molecule has 57 heavy (non-hydrogen) atoms. The SMILES string of the molecule is CCCCCCCCC(CCCCCC)C(=O)OCCCCCCN(CCCCO)CCCCCCCCCOC(CCCCCC)CCCCCCC.CSC. The van der Waals surface area contributed by atoms with Crippen molar-refractivity contribution in [2.45, 2.75) is 265 Å². The Bertz CT molecular complexity index is 740. The standard InChI is InChI=1S/C49H99NO4.C2H6S/c1-5-9-13-17-22-28-38-47(37-27-15-11-7-3)49(52)54-46-36-26-24-32-42-50(43-33-34-44-51)41-31-23-19-18-20-25-35-45-53-48(39-29-16-12-8-4)40-30-21-14-10-6-2;1-3-2/h47-48,51H,5-46H2,1-4H3;1-2H3. The van der Waals surface area contributed by atoms with Gasteiger partial charge in [-0.05, 0) is 96.4 Å². The first-order chi connectivity index (χ1) is 28.0. The Kier molecular flexibility index (Phi) is 53.5. The highest BCUT2D eigenvalue weighted by Crippen LogP contribution is 2.21. The molecule has 0 heterocycles. The number of carbonyl (C=O) groups excluding carboxylic acids is 1. The topological polar surface area (TPSA) is 59.0 Å². The molecule has 0 saturated heterocycles. The molecular weight excluding hydrogens is 723 g/mol. The Morgan fingerprint density at radius 2 is 0.789 bits per heavy atom. The maximum atomic E-state index is 13.0. The highest BCUT2D eigenvalue weighted by atomic mass is 32.2. The summed E-state index contributed by atoms with van der Waals surface area (Å²) in [6.45, 7) is 14.4. The number of unbranched alkanes of at least 4 members (excludes halogenated alkanes) is 25. The van der Waals surface area contributed by atoms with Gasteiger partial charge >= 0.3 is 5.97 Å². The third kappa shape index (κ3) is 46.6. The molecule has 6 heteroatoms. The monoisotopic (exact) mass is 828 g/mol. The second-order valence-corrected chi connectivity index (χ2v) is 18.2. The molecule has 0 amide bonds. The summed E-state index contributed by atoms with van der Waals surface area (Å²) >= 11 is 1.75. The van der Waals surface area contributed by atoms with Crippen LogP contribution >= 0.6 is 11.8 Å². The van der Waals surface area contributed by atoms with E-state index >= 15 is 0 Å². The van der Waals surface area contributed by atoms with E-state index in [1.165, 1.54) is 193 Å². The fraction of sp³-hybridized carbons (Fsp3) is 0.980. The van der Waals surface area contributed by atoms with Crippen LogP contribution in [0, 0.1) is 5.92 Å². The summed E-state index contributed by atoms with van der Waals surface area (Å²) in [5.74, 6) is 0.182. The zero-order valence-electron chi connectivity index (χ0n) is 39.9. The van der Waals surface area contributed by atoms with Crippen molar-refractivity contribution in [1.82, 2.24) is 4.90 Å². The number of hydrogen-bond acceptors (Lipinski definition) is 6. The second-order valence-electron chi connectivity index (χ2n) is 17.4. The molecule has 5 nitrogen and oxygen atoms in total. The predicted molar refractivity (Wildman–Crippen MR) is 256 cm³/mol. The lowest BCUT2D eigenvalue weighted by Gasteiger charge is -2.22. The van der Waals surface area contributed by atoms with Crippen LogP contribution in [0.1, 0.15) is 259 Å². The van der Waals surface area contributed by atoms with E-state index < -0.39 is 0 Å². The average Bonchev–Trinajstić information content (AvgIpc) is 3.21. The summed E-state index contributed by atoms with van der Waals surface area (Å²) < 4.78 is 12.3. The number of carbonyl (C=O) groups is 1. The van der Waals surface area contributed by atoms with Crippen LogP contribution in [0.15, 0.2) is 0 Å². The molecule has 0 aliphatic heterocycles. The molecule has 0 spiro atoms. The second kappa shape index (κ2) is 51.8. The molecule has 0 aromatic heterocycles. The minimum absolute atomic E-state index is 0.0737. The quantitative estimate of drug-likeness (QED) is 0.0487. The maximum absolute atomic E-state index is 13.0. The van der Waals surface area contributed by atoms with Crippen molar-refractivity contribution in [3.05, 3.63) is 0 Å². The van der Waals surface area contributed by atoms with Crippen molar-refractivity contribution in [3.63, 3.8) is 0 Å². The molecule has 2 unspecified atom stereocenters. The van der Waals surface area contributed by atoms with E-state index in [-0.39, 0.29) is 11.9 Å². The van der Waals surface area contributed by atoms with Gasteiger partial charge in [0.25, 0.3) is 0 Å². The molecule has 0 aliphatic carbocycles. The molecular formula is C51H105NO4S. The van der Waals surface area contributed by atoms with Crippen molar-refractivity contribution in [2.24, 2.45) is 5.92 Å². The van der Waals surface area contributed by atoms with Crippen molar-refractivity contribution in [3.8, 4) is 0 Å². The van der Waals surface area contributed by atoms with Gasteiger partial charge in [-0.25, -0.2) is 0 Å². The Balaban J connectivity index is 0. The molecule has 0 saturated carbocycles. The molecule has 344 valence electrons. The summed E-state index contributed by atoms with van der Waals surface area (Å²) in [6.07, 6.45) is 49.6. The number of nitrogens with zero attached hydrogens (tertiary/aromatic N) is 1. The fourth-order valence-corrected chi connectivity index (χ4v) is 7.89. The zero-order chi connectivity index (χ0) is 42.1. The zero-order valence-corrected chi connectivity index (χ0v) is 40.7. The molecule has 0 radical (unpaired) electrons. The largest absolute Gasteiger partial charge is 0.465 e. The minimum atomic E-state index is 0.0737. The summed E-state index contributed by atoms with van der Waals surface area (Å²) in [4.78, 5) is 15.6. The number of rotatable bonds is 46. The van der Waals surface area contributed by atoms with E-state index in [0.717, 1.165) is 64.6 Å². The number of aliphatic hydroxyl groups is 1. The van der Waals surface area contributed by atoms with Gasteiger partial charge in [-0.1, -0.05) is 195 Å². The molecule has 2 atom stereocenters. The molecule has 0 bridgehead atoms. The van der Waals surface area contributed by atoms with Crippen molar-refractivity contribution < 1.29 is 19.4 Å². The van der Waals surface area contributed by atoms with Gasteiger partial charge in [-0.2, -0.15) is 11.8 Å². The van der Waals surface area contributed by atoms with Gasteiger partial charge in [0, 0.05) is 13.2 Å². The Labute approximate surface area is 363 Å². The van der Waals surface area contributed by atoms with Gasteiger partial charge in [-0.3, -0.25) is 4.79 Å². The van der Waals surface area contributed by atoms with Gasteiger partial charge in [-0.15, -0.1) is 0 Å². The lowest BCUT2D eigenvalue weighted by atomic mass is 9.94. The van der Waals surface area contributed by atoms with Crippen LogP contribution in [0.25, 0.3) is 0 Å². The average molecular weight is 828 g/mol. The minimum Gasteiger partial charge on any atom is -0.465 e. The number of esters is 1. The van der Waals surface area contributed by atoms with Gasteiger partial charge in [0.05, 0.1) is 18.6 Å². The molecule has 0 aliphatic rings. The first kappa shape index (κ1) is 58.8. The van der Waals surface area contributed by atoms with E-state index in [0.29, 0.717) is 19.3 Å². The van der Waals surface area contributed by atoms with Crippen LogP contribution in [0.2, 0.25) is 0 Å².